The zero-order valence-electron chi connectivity index (χ0n) is 16.9. The number of rotatable bonds is 5. The number of amides is 1. The van der Waals surface area contributed by atoms with Crippen LogP contribution in [0.3, 0.4) is 0 Å². The Kier molecular flexibility index (Phi) is 6.02. The van der Waals surface area contributed by atoms with Gasteiger partial charge >= 0.3 is 12.1 Å². The first kappa shape index (κ1) is 21.7. The van der Waals surface area contributed by atoms with Crippen molar-refractivity contribution in [1.29, 1.82) is 0 Å². The highest BCUT2D eigenvalue weighted by Crippen LogP contribution is 2.32. The molecule has 4 rings (SSSR count). The molecule has 0 bridgehead atoms. The molecule has 3 aromatic rings. The molecule has 32 heavy (non-hydrogen) atoms. The fraction of sp³-hybridized carbons (Fsp3) is 0.318. The lowest BCUT2D eigenvalue weighted by molar-refractivity contribution is -0.159. The van der Waals surface area contributed by atoms with E-state index < -0.39 is 12.1 Å². The quantitative estimate of drug-likeness (QED) is 0.624. The summed E-state index contributed by atoms with van der Waals surface area (Å²) in [5.41, 5.74) is 1.07. The van der Waals surface area contributed by atoms with Gasteiger partial charge < -0.3 is 19.3 Å². The molecular weight excluding hydrogens is 427 g/mol. The molecule has 0 unspecified atom stereocenters. The molecule has 7 nitrogen and oxygen atoms in total. The summed E-state index contributed by atoms with van der Waals surface area (Å²) in [5, 5.41) is 13.6. The maximum Gasteiger partial charge on any atom is 0.471 e. The number of phenolic OH excluding ortho intramolecular Hbond substituents is 1. The van der Waals surface area contributed by atoms with Gasteiger partial charge in [-0.25, -0.2) is 0 Å². The van der Waals surface area contributed by atoms with E-state index in [1.807, 2.05) is 30.3 Å². The number of ether oxygens (including phenoxy) is 1. The molecule has 2 heterocycles. The number of aromatic hydroxyl groups is 1. The Bertz CT molecular complexity index is 1080. The van der Waals surface area contributed by atoms with Crippen molar-refractivity contribution in [3.8, 4) is 11.5 Å². The first-order chi connectivity index (χ1) is 15.3. The minimum absolute atomic E-state index is 0.0106. The Morgan fingerprint density at radius 2 is 1.88 bits per heavy atom. The molecule has 1 amide bonds. The van der Waals surface area contributed by atoms with E-state index in [4.69, 9.17) is 4.74 Å². The van der Waals surface area contributed by atoms with E-state index in [9.17, 15) is 23.1 Å². The molecule has 1 N–H and O–H groups in total. The molecule has 2 aromatic carbocycles. The van der Waals surface area contributed by atoms with Crippen LogP contribution in [-0.2, 0) is 12.8 Å². The molecule has 1 fully saturated rings. The van der Waals surface area contributed by atoms with Crippen molar-refractivity contribution >= 4 is 5.91 Å². The molecule has 1 aliphatic heterocycles. The van der Waals surface area contributed by atoms with Gasteiger partial charge in [-0.3, -0.25) is 4.79 Å². The minimum Gasteiger partial charge on any atom is -0.507 e. The topological polar surface area (TPSA) is 88.7 Å². The number of aromatic nitrogens is 2. The average Bonchev–Trinajstić information content (AvgIpc) is 3.30. The standard InChI is InChI=1S/C22H20F3N3O4/c23-22(24,25)21-26-19(27-32-21)15-8-10-28(11-9-15)20(30)17-12-16(6-7-18(17)29)31-13-14-4-2-1-3-5-14/h1-7,12,15,29H,8-11,13H2. The molecule has 1 saturated heterocycles. The SMILES string of the molecule is O=C(c1cc(OCc2ccccc2)ccc1O)N1CCC(c2noc(C(F)(F)F)n2)CC1. The van der Waals surface area contributed by atoms with Gasteiger partial charge in [0.15, 0.2) is 5.82 Å². The normalized spacial score (nSPS) is 15.0. The zero-order chi connectivity index (χ0) is 22.7. The summed E-state index contributed by atoms with van der Waals surface area (Å²) in [6, 6.07) is 14.0. The third-order valence-electron chi connectivity index (χ3n) is 5.28. The van der Waals surface area contributed by atoms with Crippen LogP contribution in [0.2, 0.25) is 0 Å². The van der Waals surface area contributed by atoms with E-state index in [1.165, 1.54) is 17.0 Å². The number of carbonyl (C=O) groups excluding carboxylic acids is 1. The van der Waals surface area contributed by atoms with Crippen LogP contribution in [0.1, 0.15) is 46.4 Å². The molecule has 1 aliphatic rings. The predicted molar refractivity (Wildman–Crippen MR) is 106 cm³/mol. The second-order valence-corrected chi connectivity index (χ2v) is 7.48. The average molecular weight is 447 g/mol. The monoisotopic (exact) mass is 447 g/mol. The molecule has 0 saturated carbocycles. The Morgan fingerprint density at radius 1 is 1.16 bits per heavy atom. The fourth-order valence-corrected chi connectivity index (χ4v) is 3.54. The molecule has 0 atom stereocenters. The van der Waals surface area contributed by atoms with Gasteiger partial charge in [0, 0.05) is 19.0 Å². The molecule has 1 aromatic heterocycles. The molecule has 0 radical (unpaired) electrons. The second kappa shape index (κ2) is 8.89. The van der Waals surface area contributed by atoms with Crippen LogP contribution >= 0.6 is 0 Å². The highest BCUT2D eigenvalue weighted by molar-refractivity contribution is 5.97. The predicted octanol–water partition coefficient (Wildman–Crippen LogP) is 4.39. The minimum atomic E-state index is -4.69. The first-order valence-electron chi connectivity index (χ1n) is 10.0. The first-order valence-corrected chi connectivity index (χ1v) is 10.0. The lowest BCUT2D eigenvalue weighted by Gasteiger charge is -2.30. The Morgan fingerprint density at radius 3 is 2.53 bits per heavy atom. The van der Waals surface area contributed by atoms with Gasteiger partial charge in [-0.1, -0.05) is 35.5 Å². The van der Waals surface area contributed by atoms with Gasteiger partial charge in [-0.05, 0) is 36.6 Å². The molecule has 0 aliphatic carbocycles. The van der Waals surface area contributed by atoms with Crippen LogP contribution in [-0.4, -0.2) is 39.1 Å². The van der Waals surface area contributed by atoms with Gasteiger partial charge in [-0.15, -0.1) is 0 Å². The number of likely N-dealkylation sites (tertiary alicyclic amines) is 1. The zero-order valence-corrected chi connectivity index (χ0v) is 16.9. The van der Waals surface area contributed by atoms with Crippen LogP contribution < -0.4 is 4.74 Å². The van der Waals surface area contributed by atoms with E-state index in [0.717, 1.165) is 5.56 Å². The number of piperidine rings is 1. The maximum atomic E-state index is 12.9. The number of hydrogen-bond donors (Lipinski definition) is 1. The van der Waals surface area contributed by atoms with Crippen molar-refractivity contribution in [2.75, 3.05) is 13.1 Å². The highest BCUT2D eigenvalue weighted by Gasteiger charge is 2.39. The van der Waals surface area contributed by atoms with Crippen molar-refractivity contribution in [2.45, 2.75) is 31.5 Å². The van der Waals surface area contributed by atoms with Crippen LogP contribution in [0.5, 0.6) is 11.5 Å². The summed E-state index contributed by atoms with van der Waals surface area (Å²) in [6.07, 6.45) is -3.92. The molecule has 10 heteroatoms. The third-order valence-corrected chi connectivity index (χ3v) is 5.28. The Hall–Kier alpha value is -3.56. The van der Waals surface area contributed by atoms with Crippen LogP contribution in [0.4, 0.5) is 13.2 Å². The summed E-state index contributed by atoms with van der Waals surface area (Å²) in [7, 11) is 0. The Labute approximate surface area is 181 Å². The van der Waals surface area contributed by atoms with Crippen LogP contribution in [0.15, 0.2) is 53.1 Å². The van der Waals surface area contributed by atoms with Gasteiger partial charge in [0.05, 0.1) is 5.56 Å². The number of alkyl halides is 3. The number of hydrogen-bond acceptors (Lipinski definition) is 6. The lowest BCUT2D eigenvalue weighted by atomic mass is 9.95. The fourth-order valence-electron chi connectivity index (χ4n) is 3.54. The summed E-state index contributed by atoms with van der Waals surface area (Å²) < 4.78 is 48.0. The van der Waals surface area contributed by atoms with Gasteiger partial charge in [0.2, 0.25) is 0 Å². The van der Waals surface area contributed by atoms with Crippen molar-refractivity contribution in [3.05, 3.63) is 71.4 Å². The largest absolute Gasteiger partial charge is 0.507 e. The summed E-state index contributed by atoms with van der Waals surface area (Å²) >= 11 is 0. The molecule has 0 spiro atoms. The van der Waals surface area contributed by atoms with E-state index in [0.29, 0.717) is 25.2 Å². The maximum absolute atomic E-state index is 12.9. The van der Waals surface area contributed by atoms with Crippen molar-refractivity contribution < 1.29 is 32.3 Å². The molecular formula is C22H20F3N3O4. The van der Waals surface area contributed by atoms with Crippen molar-refractivity contribution in [3.63, 3.8) is 0 Å². The van der Waals surface area contributed by atoms with Crippen LogP contribution in [0.25, 0.3) is 0 Å². The highest BCUT2D eigenvalue weighted by atomic mass is 19.4. The summed E-state index contributed by atoms with van der Waals surface area (Å²) in [4.78, 5) is 17.9. The number of nitrogens with zero attached hydrogens (tertiary/aromatic N) is 3. The van der Waals surface area contributed by atoms with Crippen LogP contribution in [0, 0.1) is 0 Å². The number of halogens is 3. The van der Waals surface area contributed by atoms with Gasteiger partial charge in [-0.2, -0.15) is 18.2 Å². The Balaban J connectivity index is 1.39. The van der Waals surface area contributed by atoms with E-state index in [2.05, 4.69) is 14.7 Å². The second-order valence-electron chi connectivity index (χ2n) is 7.48. The summed E-state index contributed by atoms with van der Waals surface area (Å²) in [5.74, 6) is -1.83. The smallest absolute Gasteiger partial charge is 0.471 e. The number of phenols is 1. The lowest BCUT2D eigenvalue weighted by Crippen LogP contribution is -2.38. The third kappa shape index (κ3) is 4.84. The molecule has 168 valence electrons. The van der Waals surface area contributed by atoms with Gasteiger partial charge in [0.1, 0.15) is 18.1 Å². The number of carbonyl (C=O) groups is 1. The van der Waals surface area contributed by atoms with Crippen molar-refractivity contribution in [2.24, 2.45) is 0 Å². The van der Waals surface area contributed by atoms with Crippen molar-refractivity contribution in [1.82, 2.24) is 15.0 Å². The number of benzene rings is 2. The summed E-state index contributed by atoms with van der Waals surface area (Å²) in [6.45, 7) is 0.886. The van der Waals surface area contributed by atoms with E-state index in [-0.39, 0.29) is 42.1 Å². The van der Waals surface area contributed by atoms with Gasteiger partial charge in [0.25, 0.3) is 5.91 Å². The van der Waals surface area contributed by atoms with E-state index >= 15 is 0 Å². The van der Waals surface area contributed by atoms with E-state index in [1.54, 1.807) is 6.07 Å².